The molecule has 0 aliphatic heterocycles. The molecule has 1 aromatic rings. The van der Waals surface area contributed by atoms with Gasteiger partial charge in [-0.15, -0.1) is 0 Å². The van der Waals surface area contributed by atoms with E-state index in [0.29, 0.717) is 32.2 Å². The first-order valence-electron chi connectivity index (χ1n) is 8.04. The lowest BCUT2D eigenvalue weighted by molar-refractivity contribution is -0.130. The number of ether oxygens (including phenoxy) is 1. The molecule has 0 bridgehead atoms. The number of carbonyl (C=O) groups is 1. The van der Waals surface area contributed by atoms with Gasteiger partial charge in [0, 0.05) is 33.3 Å². The Morgan fingerprint density at radius 1 is 1.22 bits per heavy atom. The maximum atomic E-state index is 12.4. The van der Waals surface area contributed by atoms with Crippen LogP contribution >= 0.6 is 0 Å². The number of hydrogen-bond donors (Lipinski definition) is 2. The van der Waals surface area contributed by atoms with Gasteiger partial charge in [0.25, 0.3) is 0 Å². The Labute approximate surface area is 138 Å². The van der Waals surface area contributed by atoms with Crippen molar-refractivity contribution < 1.29 is 9.53 Å². The molecular formula is C17H28N4O2. The third-order valence-corrected chi connectivity index (χ3v) is 3.27. The third-order valence-electron chi connectivity index (χ3n) is 3.27. The molecule has 0 aromatic heterocycles. The lowest BCUT2D eigenvalue weighted by atomic mass is 10.2. The minimum absolute atomic E-state index is 0.0142. The first-order chi connectivity index (χ1) is 11.2. The Morgan fingerprint density at radius 3 is 2.57 bits per heavy atom. The molecule has 1 amide bonds. The van der Waals surface area contributed by atoms with Crippen molar-refractivity contribution in [3.05, 3.63) is 35.9 Å². The zero-order valence-corrected chi connectivity index (χ0v) is 14.3. The second-order valence-corrected chi connectivity index (χ2v) is 5.01. The van der Waals surface area contributed by atoms with Crippen LogP contribution in [-0.4, -0.2) is 56.7 Å². The standard InChI is InChI=1S/C17H28N4O2/c1-4-18-17(19-11-12-23-3)20-13-16(22)21(5-2)14-15-9-7-6-8-10-15/h6-10H,4-5,11-14H2,1-3H3,(H2,18,19,20). The zero-order valence-electron chi connectivity index (χ0n) is 14.3. The first kappa shape index (κ1) is 19.0. The van der Waals surface area contributed by atoms with Crippen LogP contribution in [-0.2, 0) is 16.1 Å². The normalized spacial score (nSPS) is 11.2. The van der Waals surface area contributed by atoms with E-state index in [1.165, 1.54) is 0 Å². The smallest absolute Gasteiger partial charge is 0.244 e. The van der Waals surface area contributed by atoms with Gasteiger partial charge in [-0.25, -0.2) is 4.99 Å². The number of nitrogens with one attached hydrogen (secondary N) is 2. The summed E-state index contributed by atoms with van der Waals surface area (Å²) in [6.45, 7) is 7.36. The van der Waals surface area contributed by atoms with Crippen molar-refractivity contribution in [2.24, 2.45) is 4.99 Å². The largest absolute Gasteiger partial charge is 0.383 e. The number of guanidine groups is 1. The second-order valence-electron chi connectivity index (χ2n) is 5.01. The number of carbonyl (C=O) groups excluding carboxylic acids is 1. The molecule has 0 aliphatic rings. The number of amides is 1. The van der Waals surface area contributed by atoms with Crippen molar-refractivity contribution in [1.82, 2.24) is 15.5 Å². The third kappa shape index (κ3) is 7.65. The van der Waals surface area contributed by atoms with Gasteiger partial charge in [0.1, 0.15) is 6.54 Å². The summed E-state index contributed by atoms with van der Waals surface area (Å²) >= 11 is 0. The maximum Gasteiger partial charge on any atom is 0.244 e. The Balaban J connectivity index is 2.56. The van der Waals surface area contributed by atoms with Crippen LogP contribution in [0.25, 0.3) is 0 Å². The quantitative estimate of drug-likeness (QED) is 0.408. The summed E-state index contributed by atoms with van der Waals surface area (Å²) in [7, 11) is 1.65. The average Bonchev–Trinajstić information content (AvgIpc) is 2.58. The predicted octanol–water partition coefficient (Wildman–Crippen LogP) is 1.24. The molecule has 0 fully saturated rings. The van der Waals surface area contributed by atoms with Gasteiger partial charge < -0.3 is 20.3 Å². The number of rotatable bonds is 9. The van der Waals surface area contributed by atoms with Crippen LogP contribution in [0.1, 0.15) is 19.4 Å². The maximum absolute atomic E-state index is 12.4. The van der Waals surface area contributed by atoms with E-state index in [9.17, 15) is 4.79 Å². The molecule has 0 radical (unpaired) electrons. The summed E-state index contributed by atoms with van der Waals surface area (Å²) in [5, 5.41) is 6.24. The van der Waals surface area contributed by atoms with E-state index in [1.54, 1.807) is 12.0 Å². The topological polar surface area (TPSA) is 66.0 Å². The van der Waals surface area contributed by atoms with E-state index < -0.39 is 0 Å². The number of hydrogen-bond acceptors (Lipinski definition) is 3. The van der Waals surface area contributed by atoms with E-state index >= 15 is 0 Å². The summed E-state index contributed by atoms with van der Waals surface area (Å²) in [5.41, 5.74) is 1.12. The molecule has 0 saturated heterocycles. The van der Waals surface area contributed by atoms with Crippen LogP contribution < -0.4 is 10.6 Å². The molecular weight excluding hydrogens is 292 g/mol. The highest BCUT2D eigenvalue weighted by atomic mass is 16.5. The molecule has 0 saturated carbocycles. The summed E-state index contributed by atoms with van der Waals surface area (Å²) in [6.07, 6.45) is 0. The van der Waals surface area contributed by atoms with Gasteiger partial charge in [-0.1, -0.05) is 30.3 Å². The van der Waals surface area contributed by atoms with Crippen LogP contribution in [0, 0.1) is 0 Å². The molecule has 128 valence electrons. The lowest BCUT2D eigenvalue weighted by Crippen LogP contribution is -2.40. The molecule has 0 spiro atoms. The minimum atomic E-state index is 0.0142. The Morgan fingerprint density at radius 2 is 1.96 bits per heavy atom. The van der Waals surface area contributed by atoms with Gasteiger partial charge in [0.2, 0.25) is 5.91 Å². The van der Waals surface area contributed by atoms with E-state index in [2.05, 4.69) is 15.6 Å². The first-order valence-corrected chi connectivity index (χ1v) is 8.04. The van der Waals surface area contributed by atoms with Gasteiger partial charge in [0.15, 0.2) is 5.96 Å². The Bertz CT molecular complexity index is 477. The van der Waals surface area contributed by atoms with Crippen molar-refractivity contribution in [3.63, 3.8) is 0 Å². The molecule has 0 unspecified atom stereocenters. The van der Waals surface area contributed by atoms with Crippen LogP contribution in [0.5, 0.6) is 0 Å². The van der Waals surface area contributed by atoms with Gasteiger partial charge >= 0.3 is 0 Å². The average molecular weight is 320 g/mol. The molecule has 0 heterocycles. The minimum Gasteiger partial charge on any atom is -0.383 e. The molecule has 0 aliphatic carbocycles. The van der Waals surface area contributed by atoms with Crippen LogP contribution in [0.4, 0.5) is 0 Å². The van der Waals surface area contributed by atoms with E-state index in [0.717, 1.165) is 12.1 Å². The summed E-state index contributed by atoms with van der Waals surface area (Å²) in [5.74, 6) is 0.647. The van der Waals surface area contributed by atoms with Crippen molar-refractivity contribution in [3.8, 4) is 0 Å². The van der Waals surface area contributed by atoms with Crippen molar-refractivity contribution in [2.75, 3.05) is 39.9 Å². The summed E-state index contributed by atoms with van der Waals surface area (Å²) in [6, 6.07) is 9.98. The van der Waals surface area contributed by atoms with E-state index in [4.69, 9.17) is 4.74 Å². The van der Waals surface area contributed by atoms with Gasteiger partial charge in [-0.2, -0.15) is 0 Å². The molecule has 0 atom stereocenters. The fourth-order valence-electron chi connectivity index (χ4n) is 2.04. The van der Waals surface area contributed by atoms with Crippen molar-refractivity contribution >= 4 is 11.9 Å². The SMILES string of the molecule is CCNC(=NCC(=O)N(CC)Cc1ccccc1)NCCOC. The van der Waals surface area contributed by atoms with Crippen LogP contribution in [0.15, 0.2) is 35.3 Å². The molecule has 6 nitrogen and oxygen atoms in total. The highest BCUT2D eigenvalue weighted by molar-refractivity contribution is 5.84. The lowest BCUT2D eigenvalue weighted by Gasteiger charge is -2.20. The van der Waals surface area contributed by atoms with Crippen molar-refractivity contribution in [2.45, 2.75) is 20.4 Å². The summed E-state index contributed by atoms with van der Waals surface area (Å²) < 4.78 is 5.00. The van der Waals surface area contributed by atoms with Crippen LogP contribution in [0.3, 0.4) is 0 Å². The molecule has 23 heavy (non-hydrogen) atoms. The molecule has 6 heteroatoms. The van der Waals surface area contributed by atoms with Gasteiger partial charge in [0.05, 0.1) is 6.61 Å². The number of methoxy groups -OCH3 is 1. The molecule has 1 aromatic carbocycles. The molecule has 2 N–H and O–H groups in total. The Kier molecular flexibility index (Phi) is 9.47. The number of aliphatic imine (C=N–C) groups is 1. The number of likely N-dealkylation sites (N-methyl/N-ethyl adjacent to an activating group) is 1. The highest BCUT2D eigenvalue weighted by Crippen LogP contribution is 2.04. The van der Waals surface area contributed by atoms with E-state index in [-0.39, 0.29) is 12.5 Å². The van der Waals surface area contributed by atoms with Crippen molar-refractivity contribution in [1.29, 1.82) is 0 Å². The fourth-order valence-corrected chi connectivity index (χ4v) is 2.04. The fraction of sp³-hybridized carbons (Fsp3) is 0.529. The second kappa shape index (κ2) is 11.5. The zero-order chi connectivity index (χ0) is 16.9. The molecule has 1 rings (SSSR count). The van der Waals surface area contributed by atoms with Gasteiger partial charge in [-0.05, 0) is 19.4 Å². The number of benzene rings is 1. The predicted molar refractivity (Wildman–Crippen MR) is 93.4 cm³/mol. The number of nitrogens with zero attached hydrogens (tertiary/aromatic N) is 2. The van der Waals surface area contributed by atoms with E-state index in [1.807, 2.05) is 44.2 Å². The Hall–Kier alpha value is -2.08. The van der Waals surface area contributed by atoms with Crippen LogP contribution in [0.2, 0.25) is 0 Å². The monoisotopic (exact) mass is 320 g/mol. The van der Waals surface area contributed by atoms with Gasteiger partial charge in [-0.3, -0.25) is 4.79 Å². The highest BCUT2D eigenvalue weighted by Gasteiger charge is 2.11. The summed E-state index contributed by atoms with van der Waals surface area (Å²) in [4.78, 5) is 18.5.